The summed E-state index contributed by atoms with van der Waals surface area (Å²) in [5.74, 6) is 0.229. The fraction of sp³-hybridized carbons (Fsp3) is 0.500. The van der Waals surface area contributed by atoms with Crippen molar-refractivity contribution in [3.05, 3.63) is 24.9 Å². The number of likely N-dealkylation sites (tertiary alicyclic amines) is 1. The summed E-state index contributed by atoms with van der Waals surface area (Å²) < 4.78 is 0. The molecule has 1 heterocycles. The van der Waals surface area contributed by atoms with Crippen LogP contribution in [0.15, 0.2) is 24.9 Å². The van der Waals surface area contributed by atoms with Crippen LogP contribution < -0.4 is 0 Å². The number of carbonyl (C=O) groups excluding carboxylic acids is 1. The van der Waals surface area contributed by atoms with Gasteiger partial charge in [0.1, 0.15) is 0 Å². The Balaban J connectivity index is 0.000000424. The van der Waals surface area contributed by atoms with Crippen LogP contribution in [0, 0.1) is 0 Å². The summed E-state index contributed by atoms with van der Waals surface area (Å²) in [6.45, 7) is 7.57. The molecule has 1 aliphatic heterocycles. The molecule has 0 aromatic rings. The van der Waals surface area contributed by atoms with Gasteiger partial charge < -0.3 is 4.90 Å². The molecular formula is C10H16ClNO. The van der Waals surface area contributed by atoms with E-state index >= 15 is 0 Å². The van der Waals surface area contributed by atoms with Crippen molar-refractivity contribution >= 4 is 17.5 Å². The minimum absolute atomic E-state index is 0.229. The van der Waals surface area contributed by atoms with Gasteiger partial charge in [-0.1, -0.05) is 31.2 Å². The van der Waals surface area contributed by atoms with Gasteiger partial charge in [0.2, 0.25) is 5.91 Å². The van der Waals surface area contributed by atoms with Gasteiger partial charge in [0.25, 0.3) is 0 Å². The standard InChI is InChI=1S/C8H13NO.C2H3Cl/c1-2-9-7-5-3-4-6-8(9)10;1-2-3/h2H,1,3-7H2;2H,1H2. The van der Waals surface area contributed by atoms with Gasteiger partial charge in [-0.2, -0.15) is 0 Å². The maximum atomic E-state index is 11.1. The molecule has 0 aromatic carbocycles. The van der Waals surface area contributed by atoms with Crippen LogP contribution in [-0.4, -0.2) is 17.4 Å². The van der Waals surface area contributed by atoms with Crippen molar-refractivity contribution in [1.29, 1.82) is 0 Å². The largest absolute Gasteiger partial charge is 0.320 e. The third-order valence-electron chi connectivity index (χ3n) is 1.83. The minimum Gasteiger partial charge on any atom is -0.320 e. The molecule has 3 heteroatoms. The molecule has 0 atom stereocenters. The quantitative estimate of drug-likeness (QED) is 0.639. The van der Waals surface area contributed by atoms with Crippen LogP contribution in [0.4, 0.5) is 0 Å². The lowest BCUT2D eigenvalue weighted by Crippen LogP contribution is -2.23. The predicted molar refractivity (Wildman–Crippen MR) is 56.4 cm³/mol. The first-order chi connectivity index (χ1) is 6.26. The number of halogens is 1. The molecule has 0 spiro atoms. The summed E-state index contributed by atoms with van der Waals surface area (Å²) in [7, 11) is 0. The summed E-state index contributed by atoms with van der Waals surface area (Å²) in [5, 5.41) is 0. The summed E-state index contributed by atoms with van der Waals surface area (Å²) in [6, 6.07) is 0. The minimum atomic E-state index is 0.229. The second-order valence-corrected chi connectivity index (χ2v) is 3.04. The number of amides is 1. The Bertz CT molecular complexity index is 180. The zero-order valence-electron chi connectivity index (χ0n) is 7.84. The van der Waals surface area contributed by atoms with Gasteiger partial charge in [-0.3, -0.25) is 4.79 Å². The topological polar surface area (TPSA) is 20.3 Å². The van der Waals surface area contributed by atoms with Gasteiger partial charge in [-0.05, 0) is 24.6 Å². The molecule has 1 amide bonds. The van der Waals surface area contributed by atoms with Gasteiger partial charge in [-0.15, -0.1) is 0 Å². The van der Waals surface area contributed by atoms with Crippen molar-refractivity contribution in [3.8, 4) is 0 Å². The van der Waals surface area contributed by atoms with Crippen LogP contribution in [0.5, 0.6) is 0 Å². The van der Waals surface area contributed by atoms with E-state index in [1.165, 1.54) is 12.0 Å². The van der Waals surface area contributed by atoms with Crippen LogP contribution in [0.2, 0.25) is 0 Å². The van der Waals surface area contributed by atoms with Crippen molar-refractivity contribution < 1.29 is 4.79 Å². The van der Waals surface area contributed by atoms with E-state index in [9.17, 15) is 4.79 Å². The molecule has 0 aromatic heterocycles. The van der Waals surface area contributed by atoms with E-state index in [2.05, 4.69) is 13.2 Å². The van der Waals surface area contributed by atoms with Crippen LogP contribution in [0.1, 0.15) is 25.7 Å². The average molecular weight is 202 g/mol. The Labute approximate surface area is 84.9 Å². The molecule has 74 valence electrons. The van der Waals surface area contributed by atoms with Crippen molar-refractivity contribution in [2.75, 3.05) is 6.54 Å². The van der Waals surface area contributed by atoms with Crippen LogP contribution in [0.3, 0.4) is 0 Å². The van der Waals surface area contributed by atoms with Crippen LogP contribution >= 0.6 is 11.6 Å². The molecule has 1 fully saturated rings. The monoisotopic (exact) mass is 201 g/mol. The fourth-order valence-corrected chi connectivity index (χ4v) is 1.20. The Morgan fingerprint density at radius 1 is 1.31 bits per heavy atom. The van der Waals surface area contributed by atoms with E-state index in [4.69, 9.17) is 11.6 Å². The van der Waals surface area contributed by atoms with Gasteiger partial charge in [0.05, 0.1) is 0 Å². The van der Waals surface area contributed by atoms with Crippen LogP contribution in [-0.2, 0) is 4.79 Å². The molecule has 2 nitrogen and oxygen atoms in total. The second-order valence-electron chi connectivity index (χ2n) is 2.73. The maximum absolute atomic E-state index is 11.1. The first-order valence-corrected chi connectivity index (χ1v) is 4.83. The number of carbonyl (C=O) groups is 1. The molecule has 1 aliphatic rings. The van der Waals surface area contributed by atoms with Gasteiger partial charge in [0.15, 0.2) is 0 Å². The molecule has 13 heavy (non-hydrogen) atoms. The van der Waals surface area contributed by atoms with E-state index in [-0.39, 0.29) is 5.91 Å². The Morgan fingerprint density at radius 2 is 1.92 bits per heavy atom. The molecule has 0 unspecified atom stereocenters. The molecule has 1 saturated heterocycles. The van der Waals surface area contributed by atoms with E-state index in [1.54, 1.807) is 11.1 Å². The van der Waals surface area contributed by atoms with Crippen molar-refractivity contribution in [2.45, 2.75) is 25.7 Å². The summed E-state index contributed by atoms with van der Waals surface area (Å²) in [5.41, 5.74) is 1.22. The van der Waals surface area contributed by atoms with Crippen molar-refractivity contribution in [1.82, 2.24) is 4.90 Å². The van der Waals surface area contributed by atoms with E-state index in [0.717, 1.165) is 19.4 Å². The maximum Gasteiger partial charge on any atom is 0.226 e. The highest BCUT2D eigenvalue weighted by Crippen LogP contribution is 2.10. The smallest absolute Gasteiger partial charge is 0.226 e. The number of rotatable bonds is 1. The van der Waals surface area contributed by atoms with E-state index < -0.39 is 0 Å². The number of nitrogens with zero attached hydrogens (tertiary/aromatic N) is 1. The number of hydrogen-bond donors (Lipinski definition) is 0. The highest BCUT2D eigenvalue weighted by molar-refractivity contribution is 6.25. The Hall–Kier alpha value is -0.760. The zero-order chi connectivity index (χ0) is 10.1. The highest BCUT2D eigenvalue weighted by atomic mass is 35.5. The lowest BCUT2D eigenvalue weighted by atomic mass is 10.2. The number of hydrogen-bond acceptors (Lipinski definition) is 1. The molecule has 1 rings (SSSR count). The van der Waals surface area contributed by atoms with E-state index in [0.29, 0.717) is 6.42 Å². The summed E-state index contributed by atoms with van der Waals surface area (Å²) in [4.78, 5) is 12.8. The van der Waals surface area contributed by atoms with Gasteiger partial charge in [0, 0.05) is 13.0 Å². The fourth-order valence-electron chi connectivity index (χ4n) is 1.20. The molecule has 0 saturated carbocycles. The second kappa shape index (κ2) is 7.87. The summed E-state index contributed by atoms with van der Waals surface area (Å²) in [6.07, 6.45) is 5.68. The third kappa shape index (κ3) is 5.47. The molecule has 0 bridgehead atoms. The first kappa shape index (κ1) is 12.2. The lowest BCUT2D eigenvalue weighted by Gasteiger charge is -2.13. The first-order valence-electron chi connectivity index (χ1n) is 4.39. The lowest BCUT2D eigenvalue weighted by molar-refractivity contribution is -0.128. The normalized spacial score (nSPS) is 16.7. The van der Waals surface area contributed by atoms with E-state index in [1.807, 2.05) is 0 Å². The SMILES string of the molecule is C=CCl.C=CN1CCCCCC1=O. The Morgan fingerprint density at radius 3 is 2.46 bits per heavy atom. The molecule has 0 radical (unpaired) electrons. The van der Waals surface area contributed by atoms with Crippen LogP contribution in [0.25, 0.3) is 0 Å². The molecular weight excluding hydrogens is 186 g/mol. The zero-order valence-corrected chi connectivity index (χ0v) is 8.59. The van der Waals surface area contributed by atoms with Crippen molar-refractivity contribution in [3.63, 3.8) is 0 Å². The Kier molecular flexibility index (Phi) is 7.41. The van der Waals surface area contributed by atoms with Gasteiger partial charge >= 0.3 is 0 Å². The predicted octanol–water partition coefficient (Wildman–Crippen LogP) is 2.90. The van der Waals surface area contributed by atoms with Gasteiger partial charge in [-0.25, -0.2) is 0 Å². The van der Waals surface area contributed by atoms with Crippen molar-refractivity contribution in [2.24, 2.45) is 0 Å². The molecule has 0 aliphatic carbocycles. The average Bonchev–Trinajstić information content (AvgIpc) is 2.31. The highest BCUT2D eigenvalue weighted by Gasteiger charge is 2.12. The molecule has 0 N–H and O–H groups in total. The summed E-state index contributed by atoms with van der Waals surface area (Å²) >= 11 is 4.76. The third-order valence-corrected chi connectivity index (χ3v) is 1.83.